The fourth-order valence-electron chi connectivity index (χ4n) is 2.87. The lowest BCUT2D eigenvalue weighted by Gasteiger charge is -2.19. The smallest absolute Gasteiger partial charge is 0.261 e. The maximum Gasteiger partial charge on any atom is 0.261 e. The molecule has 1 aromatic heterocycles. The van der Waals surface area contributed by atoms with Gasteiger partial charge in [0.15, 0.2) is 0 Å². The Balaban J connectivity index is 2.28. The fraction of sp³-hybridized carbons (Fsp3) is 0.375. The van der Waals surface area contributed by atoms with Crippen LogP contribution in [0.1, 0.15) is 35.5 Å². The highest BCUT2D eigenvalue weighted by Gasteiger charge is 2.18. The van der Waals surface area contributed by atoms with E-state index in [1.807, 2.05) is 38.1 Å². The molecule has 19 heavy (non-hydrogen) atoms. The predicted molar refractivity (Wildman–Crippen MR) is 76.0 cm³/mol. The van der Waals surface area contributed by atoms with Gasteiger partial charge in [-0.1, -0.05) is 18.2 Å². The summed E-state index contributed by atoms with van der Waals surface area (Å²) in [6.07, 6.45) is 4.06. The molecule has 1 heterocycles. The van der Waals surface area contributed by atoms with Gasteiger partial charge in [-0.05, 0) is 51.2 Å². The maximum atomic E-state index is 12.7. The summed E-state index contributed by atoms with van der Waals surface area (Å²) in [6.45, 7) is 3.95. The first kappa shape index (κ1) is 12.2. The normalized spacial score (nSPS) is 14.2. The molecule has 0 saturated heterocycles. The molecule has 0 amide bonds. The van der Waals surface area contributed by atoms with Gasteiger partial charge < -0.3 is 0 Å². The summed E-state index contributed by atoms with van der Waals surface area (Å²) in [5.74, 6) is 0.792. The Morgan fingerprint density at radius 2 is 1.84 bits per heavy atom. The quantitative estimate of drug-likeness (QED) is 0.784. The van der Waals surface area contributed by atoms with Crippen LogP contribution in [0.5, 0.6) is 0 Å². The van der Waals surface area contributed by atoms with Crippen LogP contribution in [0.15, 0.2) is 29.1 Å². The lowest BCUT2D eigenvalue weighted by Crippen LogP contribution is -2.29. The van der Waals surface area contributed by atoms with Crippen molar-refractivity contribution in [1.82, 2.24) is 9.55 Å². The minimum atomic E-state index is 0.122. The summed E-state index contributed by atoms with van der Waals surface area (Å²) in [7, 11) is 0. The van der Waals surface area contributed by atoms with E-state index in [0.717, 1.165) is 54.0 Å². The van der Waals surface area contributed by atoms with Crippen LogP contribution in [0.25, 0.3) is 5.69 Å². The fourth-order valence-corrected chi connectivity index (χ4v) is 2.87. The summed E-state index contributed by atoms with van der Waals surface area (Å²) < 4.78 is 1.76. The van der Waals surface area contributed by atoms with E-state index in [2.05, 4.69) is 4.98 Å². The Morgan fingerprint density at radius 3 is 2.63 bits per heavy atom. The topological polar surface area (TPSA) is 34.9 Å². The summed E-state index contributed by atoms with van der Waals surface area (Å²) >= 11 is 0. The monoisotopic (exact) mass is 254 g/mol. The van der Waals surface area contributed by atoms with E-state index in [-0.39, 0.29) is 5.56 Å². The molecule has 2 aromatic rings. The first-order valence-corrected chi connectivity index (χ1v) is 6.86. The number of hydrogen-bond donors (Lipinski definition) is 0. The van der Waals surface area contributed by atoms with Gasteiger partial charge in [-0.25, -0.2) is 4.98 Å². The number of hydrogen-bond acceptors (Lipinski definition) is 2. The van der Waals surface area contributed by atoms with Gasteiger partial charge in [-0.15, -0.1) is 0 Å². The highest BCUT2D eigenvalue weighted by Crippen LogP contribution is 2.19. The second-order valence-electron chi connectivity index (χ2n) is 5.22. The zero-order chi connectivity index (χ0) is 13.4. The van der Waals surface area contributed by atoms with Crippen molar-refractivity contribution in [2.45, 2.75) is 39.5 Å². The standard InChI is InChI=1S/C16H18N2O/c1-11-7-3-6-10-15(11)18-12(2)17-14-9-5-4-8-13(14)16(18)19/h3,6-7,10H,4-5,8-9H2,1-2H3. The molecule has 0 atom stereocenters. The molecule has 1 aromatic carbocycles. The van der Waals surface area contributed by atoms with Crippen molar-refractivity contribution in [3.8, 4) is 5.69 Å². The molecule has 98 valence electrons. The van der Waals surface area contributed by atoms with Crippen LogP contribution in [0.3, 0.4) is 0 Å². The third-order valence-electron chi connectivity index (χ3n) is 3.88. The van der Waals surface area contributed by atoms with Crippen LogP contribution >= 0.6 is 0 Å². The Morgan fingerprint density at radius 1 is 1.11 bits per heavy atom. The largest absolute Gasteiger partial charge is 0.269 e. The van der Waals surface area contributed by atoms with Crippen molar-refractivity contribution < 1.29 is 0 Å². The Kier molecular flexibility index (Phi) is 2.97. The third-order valence-corrected chi connectivity index (χ3v) is 3.88. The molecule has 3 rings (SSSR count). The SMILES string of the molecule is Cc1ccccc1-n1c(C)nc2c(c1=O)CCCC2. The van der Waals surface area contributed by atoms with Gasteiger partial charge in [0, 0.05) is 5.56 Å². The van der Waals surface area contributed by atoms with Gasteiger partial charge in [0.05, 0.1) is 11.4 Å². The van der Waals surface area contributed by atoms with Gasteiger partial charge in [0.2, 0.25) is 0 Å². The Bertz CT molecular complexity index is 686. The maximum absolute atomic E-state index is 12.7. The van der Waals surface area contributed by atoms with Crippen LogP contribution in [0.2, 0.25) is 0 Å². The Hall–Kier alpha value is -1.90. The summed E-state index contributed by atoms with van der Waals surface area (Å²) in [5.41, 5.74) is 4.10. The molecule has 0 fully saturated rings. The van der Waals surface area contributed by atoms with E-state index in [9.17, 15) is 4.79 Å². The van der Waals surface area contributed by atoms with E-state index in [0.29, 0.717) is 0 Å². The first-order chi connectivity index (χ1) is 9.18. The van der Waals surface area contributed by atoms with Crippen LogP contribution in [-0.4, -0.2) is 9.55 Å². The summed E-state index contributed by atoms with van der Waals surface area (Å²) in [5, 5.41) is 0. The van der Waals surface area contributed by atoms with Crippen molar-refractivity contribution in [1.29, 1.82) is 0 Å². The van der Waals surface area contributed by atoms with Crippen molar-refractivity contribution in [3.63, 3.8) is 0 Å². The van der Waals surface area contributed by atoms with Crippen molar-refractivity contribution in [3.05, 3.63) is 57.3 Å². The molecular weight excluding hydrogens is 236 g/mol. The van der Waals surface area contributed by atoms with Gasteiger partial charge in [-0.2, -0.15) is 0 Å². The minimum absolute atomic E-state index is 0.122. The lowest BCUT2D eigenvalue weighted by atomic mass is 9.97. The van der Waals surface area contributed by atoms with E-state index in [1.165, 1.54) is 0 Å². The van der Waals surface area contributed by atoms with Crippen LogP contribution in [0.4, 0.5) is 0 Å². The minimum Gasteiger partial charge on any atom is -0.269 e. The molecule has 3 heteroatoms. The number of nitrogens with zero attached hydrogens (tertiary/aromatic N) is 2. The van der Waals surface area contributed by atoms with E-state index < -0.39 is 0 Å². The number of para-hydroxylation sites is 1. The first-order valence-electron chi connectivity index (χ1n) is 6.86. The van der Waals surface area contributed by atoms with E-state index in [4.69, 9.17) is 0 Å². The third kappa shape index (κ3) is 1.99. The molecule has 0 N–H and O–H groups in total. The second-order valence-corrected chi connectivity index (χ2v) is 5.22. The van der Waals surface area contributed by atoms with Crippen LogP contribution in [0, 0.1) is 13.8 Å². The molecule has 0 spiro atoms. The molecule has 0 bridgehead atoms. The highest BCUT2D eigenvalue weighted by atomic mass is 16.1. The van der Waals surface area contributed by atoms with Gasteiger partial charge >= 0.3 is 0 Å². The zero-order valence-corrected chi connectivity index (χ0v) is 11.4. The van der Waals surface area contributed by atoms with Crippen molar-refractivity contribution in [2.24, 2.45) is 0 Å². The van der Waals surface area contributed by atoms with E-state index >= 15 is 0 Å². The number of aromatic nitrogens is 2. The van der Waals surface area contributed by atoms with Gasteiger partial charge in [0.25, 0.3) is 5.56 Å². The highest BCUT2D eigenvalue weighted by molar-refractivity contribution is 5.42. The van der Waals surface area contributed by atoms with Gasteiger partial charge in [-0.3, -0.25) is 9.36 Å². The average Bonchev–Trinajstić information content (AvgIpc) is 2.41. The Labute approximate surface area is 112 Å². The molecule has 3 nitrogen and oxygen atoms in total. The average molecular weight is 254 g/mol. The number of aryl methyl sites for hydroxylation is 3. The molecule has 1 aliphatic rings. The second kappa shape index (κ2) is 4.65. The van der Waals surface area contributed by atoms with Crippen molar-refractivity contribution in [2.75, 3.05) is 0 Å². The van der Waals surface area contributed by atoms with Crippen LogP contribution < -0.4 is 5.56 Å². The number of fused-ring (bicyclic) bond motifs is 1. The zero-order valence-electron chi connectivity index (χ0n) is 11.4. The molecule has 0 radical (unpaired) electrons. The molecule has 0 saturated carbocycles. The molecule has 1 aliphatic carbocycles. The predicted octanol–water partition coefficient (Wildman–Crippen LogP) is 2.73. The number of rotatable bonds is 1. The molecule has 0 unspecified atom stereocenters. The molecule has 0 aliphatic heterocycles. The van der Waals surface area contributed by atoms with Crippen molar-refractivity contribution >= 4 is 0 Å². The molecular formula is C16H18N2O. The van der Waals surface area contributed by atoms with E-state index in [1.54, 1.807) is 4.57 Å². The van der Waals surface area contributed by atoms with Gasteiger partial charge in [0.1, 0.15) is 5.82 Å². The summed E-state index contributed by atoms with van der Waals surface area (Å²) in [4.78, 5) is 17.4. The van der Waals surface area contributed by atoms with Crippen LogP contribution in [-0.2, 0) is 12.8 Å². The summed E-state index contributed by atoms with van der Waals surface area (Å²) in [6, 6.07) is 7.97. The lowest BCUT2D eigenvalue weighted by molar-refractivity contribution is 0.639. The number of benzene rings is 1.